The largest absolute Gasteiger partial charge is 0.343 e. The van der Waals surface area contributed by atoms with Crippen molar-refractivity contribution in [2.45, 2.75) is 12.5 Å². The zero-order chi connectivity index (χ0) is 22.7. The molecule has 8 heteroatoms. The highest BCUT2D eigenvalue weighted by atomic mass is 35.5. The van der Waals surface area contributed by atoms with Crippen molar-refractivity contribution in [2.24, 2.45) is 5.10 Å². The van der Waals surface area contributed by atoms with E-state index >= 15 is 0 Å². The van der Waals surface area contributed by atoms with E-state index in [1.165, 1.54) is 11.1 Å². The molecule has 0 radical (unpaired) electrons. The lowest BCUT2D eigenvalue weighted by Gasteiger charge is -2.22. The van der Waals surface area contributed by atoms with Crippen LogP contribution in [0.3, 0.4) is 0 Å². The van der Waals surface area contributed by atoms with Crippen LogP contribution in [0.25, 0.3) is 0 Å². The van der Waals surface area contributed by atoms with E-state index in [0.717, 1.165) is 0 Å². The van der Waals surface area contributed by atoms with Crippen LogP contribution >= 0.6 is 23.2 Å². The summed E-state index contributed by atoms with van der Waals surface area (Å²) in [6, 6.07) is 19.3. The smallest absolute Gasteiger partial charge is 0.262 e. The van der Waals surface area contributed by atoms with Gasteiger partial charge in [-0.3, -0.25) is 9.59 Å². The fourth-order valence-corrected chi connectivity index (χ4v) is 4.03. The number of hydrogen-bond donors (Lipinski definition) is 1. The zero-order valence-corrected chi connectivity index (χ0v) is 18.3. The van der Waals surface area contributed by atoms with Crippen molar-refractivity contribution < 1.29 is 14.0 Å². The summed E-state index contributed by atoms with van der Waals surface area (Å²) < 4.78 is 14.6. The number of carbonyl (C=O) groups is 2. The Bertz CT molecular complexity index is 1220. The van der Waals surface area contributed by atoms with Crippen LogP contribution in [0.1, 0.15) is 33.9 Å². The number of benzene rings is 3. The number of nitrogens with zero attached hydrogens (tertiary/aromatic N) is 2. The fraction of sp³-hybridized carbons (Fsp3) is 0.125. The lowest BCUT2D eigenvalue weighted by molar-refractivity contribution is -0.131. The first-order valence-corrected chi connectivity index (χ1v) is 10.6. The molecule has 0 saturated heterocycles. The van der Waals surface area contributed by atoms with E-state index in [1.807, 2.05) is 6.07 Å². The van der Waals surface area contributed by atoms with Crippen LogP contribution in [0.15, 0.2) is 77.9 Å². The minimum absolute atomic E-state index is 0.259. The minimum Gasteiger partial charge on any atom is -0.343 e. The van der Waals surface area contributed by atoms with Gasteiger partial charge in [-0.25, -0.2) is 9.40 Å². The average molecular weight is 470 g/mol. The second-order valence-electron chi connectivity index (χ2n) is 7.17. The molecule has 0 bridgehead atoms. The van der Waals surface area contributed by atoms with Crippen LogP contribution in [0.2, 0.25) is 10.0 Å². The Morgan fingerprint density at radius 3 is 2.34 bits per heavy atom. The number of rotatable bonds is 5. The third kappa shape index (κ3) is 4.52. The molecule has 1 heterocycles. The maximum absolute atomic E-state index is 14.6. The van der Waals surface area contributed by atoms with Gasteiger partial charge >= 0.3 is 0 Å². The highest BCUT2D eigenvalue weighted by Crippen LogP contribution is 2.35. The van der Waals surface area contributed by atoms with Crippen LogP contribution in [0.4, 0.5) is 4.39 Å². The Kier molecular flexibility index (Phi) is 6.53. The van der Waals surface area contributed by atoms with Gasteiger partial charge in [0.15, 0.2) is 0 Å². The van der Waals surface area contributed by atoms with Gasteiger partial charge in [0.2, 0.25) is 0 Å². The Hall–Kier alpha value is -3.22. The molecule has 3 aromatic carbocycles. The summed E-state index contributed by atoms with van der Waals surface area (Å²) in [5.41, 5.74) is 1.83. The Morgan fingerprint density at radius 2 is 1.62 bits per heavy atom. The molecule has 32 heavy (non-hydrogen) atoms. The number of amides is 2. The van der Waals surface area contributed by atoms with Crippen LogP contribution in [-0.2, 0) is 4.79 Å². The molecule has 1 atom stereocenters. The standard InChI is InChI=1S/C24H18Cl2FN3O2/c25-18-10-4-1-7-15(18)21-13-22(17-9-3-6-12-20(17)27)30(29-21)23(31)14-28-24(32)16-8-2-5-11-19(16)26/h1-12,22H,13-14H2,(H,28,32)/t22-/m1/s1. The van der Waals surface area contributed by atoms with Crippen molar-refractivity contribution in [2.75, 3.05) is 6.54 Å². The molecule has 3 aromatic rings. The van der Waals surface area contributed by atoms with Crippen LogP contribution in [0.5, 0.6) is 0 Å². The molecule has 1 N–H and O–H groups in total. The summed E-state index contributed by atoms with van der Waals surface area (Å²) >= 11 is 12.4. The number of halogens is 3. The maximum atomic E-state index is 14.6. The van der Waals surface area contributed by atoms with Crippen molar-refractivity contribution in [1.82, 2.24) is 10.3 Å². The van der Waals surface area contributed by atoms with Gasteiger partial charge in [-0.05, 0) is 24.3 Å². The van der Waals surface area contributed by atoms with Gasteiger partial charge in [-0.1, -0.05) is 71.7 Å². The van der Waals surface area contributed by atoms with Gasteiger partial charge in [0.05, 0.1) is 28.9 Å². The summed E-state index contributed by atoms with van der Waals surface area (Å²) in [7, 11) is 0. The molecule has 0 fully saturated rings. The van der Waals surface area contributed by atoms with Gasteiger partial charge < -0.3 is 5.32 Å². The molecular weight excluding hydrogens is 452 g/mol. The Labute approximate surface area is 194 Å². The number of carbonyl (C=O) groups excluding carboxylic acids is 2. The summed E-state index contributed by atoms with van der Waals surface area (Å²) in [6.07, 6.45) is 0.287. The first-order valence-electron chi connectivity index (χ1n) is 9.87. The van der Waals surface area contributed by atoms with E-state index in [-0.39, 0.29) is 23.6 Å². The van der Waals surface area contributed by atoms with Crippen molar-refractivity contribution in [3.8, 4) is 0 Å². The fourth-order valence-electron chi connectivity index (χ4n) is 3.56. The molecule has 0 spiro atoms. The molecule has 0 saturated carbocycles. The molecule has 0 unspecified atom stereocenters. The molecule has 5 nitrogen and oxygen atoms in total. The van der Waals surface area contributed by atoms with Gasteiger partial charge in [0.25, 0.3) is 11.8 Å². The van der Waals surface area contributed by atoms with Crippen molar-refractivity contribution in [1.29, 1.82) is 0 Å². The third-order valence-corrected chi connectivity index (χ3v) is 5.79. The van der Waals surface area contributed by atoms with E-state index in [1.54, 1.807) is 60.7 Å². The second-order valence-corrected chi connectivity index (χ2v) is 7.98. The summed E-state index contributed by atoms with van der Waals surface area (Å²) in [5, 5.41) is 9.00. The quantitative estimate of drug-likeness (QED) is 0.555. The van der Waals surface area contributed by atoms with Crippen molar-refractivity contribution in [3.05, 3.63) is 105 Å². The second kappa shape index (κ2) is 9.51. The Morgan fingerprint density at radius 1 is 0.969 bits per heavy atom. The Balaban J connectivity index is 1.59. The molecule has 2 amide bonds. The molecule has 0 aliphatic carbocycles. The summed E-state index contributed by atoms with van der Waals surface area (Å²) in [6.45, 7) is -0.325. The van der Waals surface area contributed by atoms with Crippen molar-refractivity contribution >= 4 is 40.7 Å². The van der Waals surface area contributed by atoms with E-state index in [4.69, 9.17) is 23.2 Å². The lowest BCUT2D eigenvalue weighted by Crippen LogP contribution is -2.38. The van der Waals surface area contributed by atoms with Crippen LogP contribution in [0, 0.1) is 5.82 Å². The molecular formula is C24H18Cl2FN3O2. The van der Waals surface area contributed by atoms with Gasteiger partial charge in [-0.2, -0.15) is 5.10 Å². The van der Waals surface area contributed by atoms with Gasteiger partial charge in [0, 0.05) is 22.6 Å². The SMILES string of the molecule is O=C(NCC(=O)N1N=C(c2ccccc2Cl)C[C@@H]1c1ccccc1F)c1ccccc1Cl. The van der Waals surface area contributed by atoms with Gasteiger partial charge in [0.1, 0.15) is 5.82 Å². The number of hydrazone groups is 1. The molecule has 1 aliphatic rings. The normalized spacial score (nSPS) is 15.4. The third-order valence-electron chi connectivity index (χ3n) is 5.13. The lowest BCUT2D eigenvalue weighted by atomic mass is 9.98. The highest BCUT2D eigenvalue weighted by Gasteiger charge is 2.35. The first kappa shape index (κ1) is 22.0. The summed E-state index contributed by atoms with van der Waals surface area (Å²) in [5.74, 6) is -1.41. The van der Waals surface area contributed by atoms with Crippen molar-refractivity contribution in [3.63, 3.8) is 0 Å². The topological polar surface area (TPSA) is 61.8 Å². The number of hydrogen-bond acceptors (Lipinski definition) is 3. The number of nitrogens with one attached hydrogen (secondary N) is 1. The summed E-state index contributed by atoms with van der Waals surface area (Å²) in [4.78, 5) is 25.5. The molecule has 4 rings (SSSR count). The molecule has 162 valence electrons. The van der Waals surface area contributed by atoms with E-state index in [2.05, 4.69) is 10.4 Å². The van der Waals surface area contributed by atoms with E-state index < -0.39 is 23.7 Å². The van der Waals surface area contributed by atoms with E-state index in [9.17, 15) is 14.0 Å². The van der Waals surface area contributed by atoms with Gasteiger partial charge in [-0.15, -0.1) is 0 Å². The monoisotopic (exact) mass is 469 g/mol. The molecule has 0 aromatic heterocycles. The predicted octanol–water partition coefficient (Wildman–Crippen LogP) is 5.24. The molecule has 1 aliphatic heterocycles. The predicted molar refractivity (Wildman–Crippen MR) is 122 cm³/mol. The van der Waals surface area contributed by atoms with Crippen LogP contribution in [-0.4, -0.2) is 29.1 Å². The van der Waals surface area contributed by atoms with E-state index in [0.29, 0.717) is 21.9 Å². The average Bonchev–Trinajstić information content (AvgIpc) is 3.23. The minimum atomic E-state index is -0.660. The highest BCUT2D eigenvalue weighted by molar-refractivity contribution is 6.34. The maximum Gasteiger partial charge on any atom is 0.262 e. The zero-order valence-electron chi connectivity index (χ0n) is 16.8. The first-order chi connectivity index (χ1) is 15.5. The van der Waals surface area contributed by atoms with Crippen LogP contribution < -0.4 is 5.32 Å².